The quantitative estimate of drug-likeness (QED) is 0.147. The van der Waals surface area contributed by atoms with Gasteiger partial charge in [0.15, 0.2) is 12.6 Å². The van der Waals surface area contributed by atoms with Gasteiger partial charge in [0.05, 0.1) is 13.2 Å². The number of aliphatic carboxylic acids is 1. The summed E-state index contributed by atoms with van der Waals surface area (Å²) in [6, 6.07) is -1.19. The molecule has 14 heteroatoms. The van der Waals surface area contributed by atoms with Gasteiger partial charge < -0.3 is 59.6 Å². The van der Waals surface area contributed by atoms with Crippen LogP contribution < -0.4 is 5.32 Å². The van der Waals surface area contributed by atoms with Gasteiger partial charge in [-0.1, -0.05) is 5.92 Å². The van der Waals surface area contributed by atoms with Gasteiger partial charge in [0, 0.05) is 6.92 Å². The van der Waals surface area contributed by atoms with Crippen LogP contribution in [0.4, 0.5) is 0 Å². The Morgan fingerprint density at radius 2 is 1.61 bits per heavy atom. The minimum absolute atomic E-state index is 0.222. The van der Waals surface area contributed by atoms with E-state index in [1.54, 1.807) is 0 Å². The number of nitrogens with one attached hydrogen (secondary N) is 1. The number of carboxylic acid groups (broad SMARTS) is 1. The lowest BCUT2D eigenvalue weighted by Crippen LogP contribution is -2.67. The molecular formula is C19H29NO13. The van der Waals surface area contributed by atoms with Crippen LogP contribution in [0.15, 0.2) is 0 Å². The van der Waals surface area contributed by atoms with E-state index < -0.39 is 93.0 Å². The van der Waals surface area contributed by atoms with E-state index >= 15 is 0 Å². The Kier molecular flexibility index (Phi) is 10.4. The number of aliphatic hydroxyl groups is 5. The van der Waals surface area contributed by atoms with Crippen LogP contribution >= 0.6 is 0 Å². The molecule has 2 aliphatic rings. The lowest BCUT2D eigenvalue weighted by atomic mass is 9.95. The Bertz CT molecular complexity index is 700. The number of carboxylic acids is 1. The molecule has 0 radical (unpaired) electrons. The van der Waals surface area contributed by atoms with Crippen molar-refractivity contribution < 1.29 is 63.9 Å². The first-order valence-electron chi connectivity index (χ1n) is 10.0. The van der Waals surface area contributed by atoms with Crippen molar-refractivity contribution in [2.75, 3.05) is 26.4 Å². The van der Waals surface area contributed by atoms with Crippen LogP contribution in [0.3, 0.4) is 0 Å². The van der Waals surface area contributed by atoms with Crippen LogP contribution in [0.2, 0.25) is 0 Å². The van der Waals surface area contributed by atoms with E-state index in [1.165, 1.54) is 6.92 Å². The molecule has 1 amide bonds. The Morgan fingerprint density at radius 1 is 0.970 bits per heavy atom. The molecule has 0 unspecified atom stereocenters. The molecule has 10 atom stereocenters. The number of rotatable bonds is 10. The Morgan fingerprint density at radius 3 is 2.15 bits per heavy atom. The van der Waals surface area contributed by atoms with Gasteiger partial charge in [-0.2, -0.15) is 0 Å². The van der Waals surface area contributed by atoms with Gasteiger partial charge in [-0.15, -0.1) is 6.42 Å². The van der Waals surface area contributed by atoms with Crippen LogP contribution in [-0.4, -0.2) is 130 Å². The van der Waals surface area contributed by atoms with Crippen molar-refractivity contribution >= 4 is 11.9 Å². The van der Waals surface area contributed by atoms with Crippen molar-refractivity contribution in [3.63, 3.8) is 0 Å². The molecule has 0 saturated carbocycles. The number of ether oxygens (including phenoxy) is 5. The number of aliphatic hydroxyl groups excluding tert-OH is 5. The summed E-state index contributed by atoms with van der Waals surface area (Å²) in [5.74, 6) is 0.300. The average Bonchev–Trinajstić information content (AvgIpc) is 2.76. The molecule has 188 valence electrons. The number of terminal acetylenes is 1. The smallest absolute Gasteiger partial charge is 0.329 e. The third kappa shape index (κ3) is 6.80. The van der Waals surface area contributed by atoms with Gasteiger partial charge in [0.1, 0.15) is 62.0 Å². The second kappa shape index (κ2) is 12.5. The van der Waals surface area contributed by atoms with E-state index in [-0.39, 0.29) is 6.61 Å². The standard InChI is InChI=1S/C19H29NO13/c1-3-4-29-18-12(20-8(2)23)14(27)16(10(6-22)32-18)33-19-15(28)17(30-7-11(24)25)13(26)9(5-21)31-19/h1,9-10,12-19,21-22,26-28H,4-7H2,2H3,(H,20,23)(H,24,25)/t9-,10-,12-,13+,14-,15-,16-,17+,18-,19+/m1/s1. The molecule has 0 aromatic rings. The predicted molar refractivity (Wildman–Crippen MR) is 104 cm³/mol. The van der Waals surface area contributed by atoms with E-state index in [4.69, 9.17) is 35.2 Å². The molecule has 2 rings (SSSR count). The fourth-order valence-corrected chi connectivity index (χ4v) is 3.58. The van der Waals surface area contributed by atoms with E-state index in [2.05, 4.69) is 11.2 Å². The van der Waals surface area contributed by atoms with Gasteiger partial charge in [-0.3, -0.25) is 4.79 Å². The van der Waals surface area contributed by atoms with Gasteiger partial charge in [0.25, 0.3) is 0 Å². The van der Waals surface area contributed by atoms with Crippen LogP contribution in [0.25, 0.3) is 0 Å². The summed E-state index contributed by atoms with van der Waals surface area (Å²) in [7, 11) is 0. The fourth-order valence-electron chi connectivity index (χ4n) is 3.58. The summed E-state index contributed by atoms with van der Waals surface area (Å²) in [6.45, 7) is -1.32. The number of hydrogen-bond acceptors (Lipinski definition) is 12. The lowest BCUT2D eigenvalue weighted by molar-refractivity contribution is -0.350. The summed E-state index contributed by atoms with van der Waals surface area (Å²) < 4.78 is 26.9. The van der Waals surface area contributed by atoms with Gasteiger partial charge in [-0.25, -0.2) is 4.79 Å². The zero-order valence-corrected chi connectivity index (χ0v) is 17.7. The van der Waals surface area contributed by atoms with E-state index in [0.717, 1.165) is 0 Å². The fraction of sp³-hybridized carbons (Fsp3) is 0.789. The van der Waals surface area contributed by atoms with Crippen LogP contribution in [0, 0.1) is 12.3 Å². The predicted octanol–water partition coefficient (Wildman–Crippen LogP) is -4.49. The van der Waals surface area contributed by atoms with Crippen LogP contribution in [0.5, 0.6) is 0 Å². The maximum atomic E-state index is 11.6. The monoisotopic (exact) mass is 479 g/mol. The van der Waals surface area contributed by atoms with E-state index in [9.17, 15) is 35.1 Å². The van der Waals surface area contributed by atoms with Crippen molar-refractivity contribution in [1.29, 1.82) is 0 Å². The zero-order valence-electron chi connectivity index (χ0n) is 17.7. The van der Waals surface area contributed by atoms with E-state index in [1.807, 2.05) is 0 Å². The summed E-state index contributed by atoms with van der Waals surface area (Å²) in [5, 5.41) is 62.2. The number of carbonyl (C=O) groups is 2. The van der Waals surface area contributed by atoms with E-state index in [0.29, 0.717) is 0 Å². The summed E-state index contributed by atoms with van der Waals surface area (Å²) in [4.78, 5) is 22.4. The normalized spacial score (nSPS) is 38.9. The van der Waals surface area contributed by atoms with Gasteiger partial charge in [-0.05, 0) is 0 Å². The molecule has 0 spiro atoms. The molecule has 0 bridgehead atoms. The van der Waals surface area contributed by atoms with Crippen molar-refractivity contribution in [3.05, 3.63) is 0 Å². The van der Waals surface area contributed by atoms with Crippen molar-refractivity contribution in [2.45, 2.75) is 68.3 Å². The summed E-state index contributed by atoms with van der Waals surface area (Å²) in [6.07, 6.45) is -8.14. The summed E-state index contributed by atoms with van der Waals surface area (Å²) >= 11 is 0. The highest BCUT2D eigenvalue weighted by Crippen LogP contribution is 2.30. The Labute approximate surface area is 189 Å². The first-order valence-corrected chi connectivity index (χ1v) is 10.0. The first kappa shape index (κ1) is 27.3. The Balaban J connectivity index is 2.24. The highest BCUT2D eigenvalue weighted by molar-refractivity contribution is 5.73. The maximum Gasteiger partial charge on any atom is 0.329 e. The van der Waals surface area contributed by atoms with Crippen LogP contribution in [-0.2, 0) is 33.3 Å². The summed E-state index contributed by atoms with van der Waals surface area (Å²) in [5.41, 5.74) is 0. The number of carbonyl (C=O) groups excluding carboxylic acids is 1. The first-order chi connectivity index (χ1) is 15.6. The minimum atomic E-state index is -1.76. The molecule has 7 N–H and O–H groups in total. The molecular weight excluding hydrogens is 450 g/mol. The lowest BCUT2D eigenvalue weighted by Gasteiger charge is -2.47. The molecule has 0 aliphatic carbocycles. The highest BCUT2D eigenvalue weighted by Gasteiger charge is 2.52. The second-order valence-electron chi connectivity index (χ2n) is 7.43. The van der Waals surface area contributed by atoms with Crippen molar-refractivity contribution in [1.82, 2.24) is 5.32 Å². The molecule has 0 aromatic heterocycles. The third-order valence-corrected chi connectivity index (χ3v) is 5.07. The molecule has 2 aliphatic heterocycles. The molecule has 33 heavy (non-hydrogen) atoms. The third-order valence-electron chi connectivity index (χ3n) is 5.07. The maximum absolute atomic E-state index is 11.6. The molecule has 2 heterocycles. The number of hydrogen-bond donors (Lipinski definition) is 7. The largest absolute Gasteiger partial charge is 0.480 e. The second-order valence-corrected chi connectivity index (χ2v) is 7.43. The molecule has 14 nitrogen and oxygen atoms in total. The van der Waals surface area contributed by atoms with Gasteiger partial charge >= 0.3 is 5.97 Å². The van der Waals surface area contributed by atoms with Gasteiger partial charge in [0.2, 0.25) is 5.91 Å². The topological polar surface area (TPSA) is 214 Å². The molecule has 0 aromatic carbocycles. The highest BCUT2D eigenvalue weighted by atomic mass is 16.7. The SMILES string of the molecule is C#CCO[C@@H]1O[C@H](CO)[C@@H](O[C@@H]2O[C@H](CO)[C@H](O)[C@H](OCC(=O)O)[C@H]2O)[C@H](O)[C@H]1NC(C)=O. The number of amides is 1. The minimum Gasteiger partial charge on any atom is -0.480 e. The molecule has 2 saturated heterocycles. The van der Waals surface area contributed by atoms with Crippen molar-refractivity contribution in [2.24, 2.45) is 0 Å². The average molecular weight is 479 g/mol. The van der Waals surface area contributed by atoms with Crippen molar-refractivity contribution in [3.8, 4) is 12.3 Å². The molecule has 2 fully saturated rings. The Hall–Kier alpha value is -1.90. The van der Waals surface area contributed by atoms with Crippen LogP contribution in [0.1, 0.15) is 6.92 Å². The zero-order chi connectivity index (χ0) is 24.7.